The summed E-state index contributed by atoms with van der Waals surface area (Å²) in [6, 6.07) is 17.3. The molecule has 2 aromatic carbocycles. The van der Waals surface area contributed by atoms with Crippen molar-refractivity contribution in [3.05, 3.63) is 65.2 Å². The largest absolute Gasteiger partial charge is 0.361 e. The summed E-state index contributed by atoms with van der Waals surface area (Å²) in [5, 5.41) is 7.30. The number of rotatable bonds is 6. The molecule has 0 fully saturated rings. The van der Waals surface area contributed by atoms with Gasteiger partial charge in [-0.3, -0.25) is 0 Å². The minimum Gasteiger partial charge on any atom is -0.361 e. The van der Waals surface area contributed by atoms with E-state index in [0.29, 0.717) is 11.2 Å². The molecule has 0 bridgehead atoms. The Morgan fingerprint density at radius 1 is 1.04 bits per heavy atom. The fourth-order valence-electron chi connectivity index (χ4n) is 2.76. The van der Waals surface area contributed by atoms with Crippen LogP contribution in [-0.2, 0) is 6.42 Å². The Hall–Kier alpha value is -1.91. The molecule has 128 valence electrons. The first-order valence-electron chi connectivity index (χ1n) is 8.27. The van der Waals surface area contributed by atoms with E-state index < -0.39 is 0 Å². The summed E-state index contributed by atoms with van der Waals surface area (Å²) in [7, 11) is 4.21. The zero-order valence-corrected chi connectivity index (χ0v) is 15.8. The maximum absolute atomic E-state index is 5.45. The van der Waals surface area contributed by atoms with Crippen LogP contribution < -0.4 is 10.6 Å². The van der Waals surface area contributed by atoms with E-state index in [2.05, 4.69) is 92.0 Å². The second kappa shape index (κ2) is 8.81. The van der Waals surface area contributed by atoms with E-state index in [1.807, 2.05) is 0 Å². The fraction of sp³-hybridized carbons (Fsp3) is 0.350. The lowest BCUT2D eigenvalue weighted by molar-refractivity contribution is 0.291. The highest BCUT2D eigenvalue weighted by Crippen LogP contribution is 2.13. The van der Waals surface area contributed by atoms with Gasteiger partial charge in [0, 0.05) is 18.3 Å². The molecule has 0 aliphatic heterocycles. The van der Waals surface area contributed by atoms with Gasteiger partial charge in [0.1, 0.15) is 0 Å². The van der Waals surface area contributed by atoms with Crippen molar-refractivity contribution in [1.29, 1.82) is 0 Å². The molecule has 2 rings (SSSR count). The van der Waals surface area contributed by atoms with Gasteiger partial charge in [0.05, 0.1) is 0 Å². The quantitative estimate of drug-likeness (QED) is 0.782. The molecule has 0 aliphatic rings. The second-order valence-electron chi connectivity index (χ2n) is 6.52. The lowest BCUT2D eigenvalue weighted by Gasteiger charge is -2.25. The molecular formula is C20H27N3S. The molecule has 0 saturated carbocycles. The Balaban J connectivity index is 1.90. The number of anilines is 1. The standard InChI is InChI=1S/C20H27N3S/c1-15-10-16(2)12-18(11-15)22-20(24)21-14-19(23(3)4)13-17-8-6-5-7-9-17/h5-12,19H,13-14H2,1-4H3,(H2,21,22,24)/t19-/m0/s1. The summed E-state index contributed by atoms with van der Waals surface area (Å²) in [6.45, 7) is 4.99. The number of aryl methyl sites for hydroxylation is 2. The Labute approximate surface area is 151 Å². The van der Waals surface area contributed by atoms with Crippen LogP contribution in [0.4, 0.5) is 5.69 Å². The molecule has 0 amide bonds. The zero-order chi connectivity index (χ0) is 17.5. The molecule has 0 aromatic heterocycles. The Morgan fingerprint density at radius 2 is 1.67 bits per heavy atom. The van der Waals surface area contributed by atoms with E-state index in [4.69, 9.17) is 12.2 Å². The SMILES string of the molecule is Cc1cc(C)cc(NC(=S)NC[C@H](Cc2ccccc2)N(C)C)c1. The van der Waals surface area contributed by atoms with Crippen LogP contribution in [0.25, 0.3) is 0 Å². The van der Waals surface area contributed by atoms with Crippen LogP contribution in [0.3, 0.4) is 0 Å². The highest BCUT2D eigenvalue weighted by molar-refractivity contribution is 7.80. The minimum absolute atomic E-state index is 0.381. The van der Waals surface area contributed by atoms with Crippen molar-refractivity contribution in [3.63, 3.8) is 0 Å². The molecule has 0 radical (unpaired) electrons. The van der Waals surface area contributed by atoms with Crippen LogP contribution in [-0.4, -0.2) is 36.7 Å². The predicted molar refractivity (Wildman–Crippen MR) is 108 cm³/mol. The third kappa shape index (κ3) is 5.95. The Kier molecular flexibility index (Phi) is 6.76. The van der Waals surface area contributed by atoms with Crippen LogP contribution in [0.15, 0.2) is 48.5 Å². The molecule has 0 unspecified atom stereocenters. The molecule has 3 nitrogen and oxygen atoms in total. The van der Waals surface area contributed by atoms with Gasteiger partial charge in [0.2, 0.25) is 0 Å². The molecule has 4 heteroatoms. The zero-order valence-electron chi connectivity index (χ0n) is 15.0. The van der Waals surface area contributed by atoms with Crippen molar-refractivity contribution in [3.8, 4) is 0 Å². The first kappa shape index (κ1) is 18.4. The van der Waals surface area contributed by atoms with Crippen LogP contribution in [0.2, 0.25) is 0 Å². The number of likely N-dealkylation sites (N-methyl/N-ethyl adjacent to an activating group) is 1. The molecular weight excluding hydrogens is 314 g/mol. The average Bonchev–Trinajstić information content (AvgIpc) is 2.51. The van der Waals surface area contributed by atoms with Gasteiger partial charge in [0.15, 0.2) is 5.11 Å². The van der Waals surface area contributed by atoms with Gasteiger partial charge >= 0.3 is 0 Å². The maximum atomic E-state index is 5.45. The third-order valence-electron chi connectivity index (χ3n) is 4.02. The smallest absolute Gasteiger partial charge is 0.170 e. The summed E-state index contributed by atoms with van der Waals surface area (Å²) < 4.78 is 0. The molecule has 2 aromatic rings. The summed E-state index contributed by atoms with van der Waals surface area (Å²) in [5.74, 6) is 0. The van der Waals surface area contributed by atoms with Crippen LogP contribution in [0.5, 0.6) is 0 Å². The third-order valence-corrected chi connectivity index (χ3v) is 4.27. The normalized spacial score (nSPS) is 12.0. The van der Waals surface area contributed by atoms with E-state index in [9.17, 15) is 0 Å². The van der Waals surface area contributed by atoms with Gasteiger partial charge < -0.3 is 15.5 Å². The van der Waals surface area contributed by atoms with Gasteiger partial charge in [0.25, 0.3) is 0 Å². The lowest BCUT2D eigenvalue weighted by atomic mass is 10.1. The molecule has 0 saturated heterocycles. The second-order valence-corrected chi connectivity index (χ2v) is 6.93. The molecule has 1 atom stereocenters. The average molecular weight is 342 g/mol. The van der Waals surface area contributed by atoms with Crippen molar-refractivity contribution in [2.24, 2.45) is 0 Å². The van der Waals surface area contributed by atoms with E-state index in [1.165, 1.54) is 16.7 Å². The Morgan fingerprint density at radius 3 is 2.25 bits per heavy atom. The highest BCUT2D eigenvalue weighted by atomic mass is 32.1. The Bertz CT molecular complexity index is 648. The van der Waals surface area contributed by atoms with E-state index in [0.717, 1.165) is 18.7 Å². The first-order chi connectivity index (χ1) is 11.4. The van der Waals surface area contributed by atoms with Gasteiger partial charge in [-0.05, 0) is 75.4 Å². The minimum atomic E-state index is 0.381. The maximum Gasteiger partial charge on any atom is 0.170 e. The van der Waals surface area contributed by atoms with Gasteiger partial charge in [-0.2, -0.15) is 0 Å². The molecule has 0 spiro atoms. The summed E-state index contributed by atoms with van der Waals surface area (Å²) in [6.07, 6.45) is 0.993. The summed E-state index contributed by atoms with van der Waals surface area (Å²) in [5.41, 5.74) is 4.84. The van der Waals surface area contributed by atoms with Crippen LogP contribution >= 0.6 is 12.2 Å². The fourth-order valence-corrected chi connectivity index (χ4v) is 2.96. The van der Waals surface area contributed by atoms with Gasteiger partial charge in [-0.1, -0.05) is 36.4 Å². The van der Waals surface area contributed by atoms with Crippen molar-refractivity contribution in [2.75, 3.05) is 26.0 Å². The molecule has 0 aliphatic carbocycles. The molecule has 2 N–H and O–H groups in total. The van der Waals surface area contributed by atoms with Crippen molar-refractivity contribution >= 4 is 23.0 Å². The number of thiocarbonyl (C=S) groups is 1. The number of nitrogens with zero attached hydrogens (tertiary/aromatic N) is 1. The van der Waals surface area contributed by atoms with Crippen molar-refractivity contribution in [2.45, 2.75) is 26.3 Å². The van der Waals surface area contributed by atoms with Crippen LogP contribution in [0, 0.1) is 13.8 Å². The topological polar surface area (TPSA) is 27.3 Å². The summed E-state index contributed by atoms with van der Waals surface area (Å²) in [4.78, 5) is 2.24. The van der Waals surface area contributed by atoms with E-state index in [-0.39, 0.29) is 0 Å². The van der Waals surface area contributed by atoms with E-state index >= 15 is 0 Å². The number of benzene rings is 2. The lowest BCUT2D eigenvalue weighted by Crippen LogP contribution is -2.42. The first-order valence-corrected chi connectivity index (χ1v) is 8.68. The molecule has 24 heavy (non-hydrogen) atoms. The van der Waals surface area contributed by atoms with Gasteiger partial charge in [-0.25, -0.2) is 0 Å². The number of hydrogen-bond acceptors (Lipinski definition) is 2. The van der Waals surface area contributed by atoms with Crippen molar-refractivity contribution < 1.29 is 0 Å². The summed E-state index contributed by atoms with van der Waals surface area (Å²) >= 11 is 5.45. The van der Waals surface area contributed by atoms with Crippen LogP contribution in [0.1, 0.15) is 16.7 Å². The molecule has 0 heterocycles. The highest BCUT2D eigenvalue weighted by Gasteiger charge is 2.12. The van der Waals surface area contributed by atoms with Crippen molar-refractivity contribution in [1.82, 2.24) is 10.2 Å². The van der Waals surface area contributed by atoms with E-state index in [1.54, 1.807) is 0 Å². The number of hydrogen-bond donors (Lipinski definition) is 2. The van der Waals surface area contributed by atoms with Gasteiger partial charge in [-0.15, -0.1) is 0 Å². The number of nitrogens with one attached hydrogen (secondary N) is 2. The predicted octanol–water partition coefficient (Wildman–Crippen LogP) is 3.76. The monoisotopic (exact) mass is 341 g/mol.